The summed E-state index contributed by atoms with van der Waals surface area (Å²) in [4.78, 5) is 15.9. The molecule has 4 heteroatoms. The van der Waals surface area contributed by atoms with Gasteiger partial charge in [-0.1, -0.05) is 25.4 Å². The van der Waals surface area contributed by atoms with E-state index >= 15 is 0 Å². The maximum absolute atomic E-state index is 12.0. The van der Waals surface area contributed by atoms with Gasteiger partial charge in [-0.25, -0.2) is 4.98 Å². The van der Waals surface area contributed by atoms with Crippen molar-refractivity contribution in [2.24, 2.45) is 11.8 Å². The summed E-state index contributed by atoms with van der Waals surface area (Å²) in [6.07, 6.45) is 3.80. The molecular weight excluding hydrogens is 236 g/mol. The van der Waals surface area contributed by atoms with Crippen molar-refractivity contribution in [2.75, 3.05) is 0 Å². The van der Waals surface area contributed by atoms with Gasteiger partial charge in [0.25, 0.3) is 5.91 Å². The molecule has 1 amide bonds. The minimum absolute atomic E-state index is 0.0553. The predicted octanol–water partition coefficient (Wildman–Crippen LogP) is 2.90. The monoisotopic (exact) mass is 252 g/mol. The second-order valence-electron chi connectivity index (χ2n) is 4.86. The van der Waals surface area contributed by atoms with Crippen molar-refractivity contribution < 1.29 is 4.79 Å². The number of amides is 1. The van der Waals surface area contributed by atoms with Crippen LogP contribution in [0.5, 0.6) is 0 Å². The maximum atomic E-state index is 12.0. The molecule has 1 fully saturated rings. The predicted molar refractivity (Wildman–Crippen MR) is 68.1 cm³/mol. The molecule has 1 aromatic rings. The lowest BCUT2D eigenvalue weighted by Gasteiger charge is -2.19. The second kappa shape index (κ2) is 5.05. The van der Waals surface area contributed by atoms with Crippen LogP contribution in [0.1, 0.15) is 37.0 Å². The summed E-state index contributed by atoms with van der Waals surface area (Å²) in [5.41, 5.74) is 0.580. The molecule has 0 saturated heterocycles. The Hall–Kier alpha value is -1.09. The first-order valence-electron chi connectivity index (χ1n) is 6.00. The molecule has 92 valence electrons. The van der Waals surface area contributed by atoms with Gasteiger partial charge in [0.15, 0.2) is 0 Å². The molecule has 1 aromatic heterocycles. The molecule has 1 aliphatic rings. The summed E-state index contributed by atoms with van der Waals surface area (Å²) in [6, 6.07) is 3.56. The Morgan fingerprint density at radius 3 is 2.82 bits per heavy atom. The number of carbonyl (C=O) groups is 1. The van der Waals surface area contributed by atoms with Crippen LogP contribution in [-0.2, 0) is 0 Å². The summed E-state index contributed by atoms with van der Waals surface area (Å²) in [5, 5.41) is 3.43. The Labute approximate surface area is 107 Å². The molecule has 1 heterocycles. The molecule has 0 radical (unpaired) electrons. The van der Waals surface area contributed by atoms with E-state index in [2.05, 4.69) is 24.1 Å². The highest BCUT2D eigenvalue weighted by molar-refractivity contribution is 6.29. The minimum Gasteiger partial charge on any atom is -0.349 e. The Bertz CT molecular complexity index is 422. The quantitative estimate of drug-likeness (QED) is 0.823. The van der Waals surface area contributed by atoms with E-state index in [-0.39, 0.29) is 11.9 Å². The van der Waals surface area contributed by atoms with E-state index < -0.39 is 0 Å². The molecule has 1 N–H and O–H groups in total. The van der Waals surface area contributed by atoms with Crippen LogP contribution in [-0.4, -0.2) is 16.9 Å². The zero-order valence-electron chi connectivity index (χ0n) is 10.1. The number of nitrogens with one attached hydrogen (secondary N) is 1. The number of hydrogen-bond donors (Lipinski definition) is 1. The van der Waals surface area contributed by atoms with Gasteiger partial charge in [-0.2, -0.15) is 0 Å². The van der Waals surface area contributed by atoms with E-state index in [1.807, 2.05) is 0 Å². The summed E-state index contributed by atoms with van der Waals surface area (Å²) < 4.78 is 0. The first-order chi connectivity index (χ1) is 8.08. The lowest BCUT2D eigenvalue weighted by Crippen LogP contribution is -2.37. The molecule has 3 nitrogen and oxygen atoms in total. The van der Waals surface area contributed by atoms with Gasteiger partial charge >= 0.3 is 0 Å². The third kappa shape index (κ3) is 2.78. The number of halogens is 1. The smallest absolute Gasteiger partial charge is 0.251 e. The van der Waals surface area contributed by atoms with Gasteiger partial charge in [0, 0.05) is 17.8 Å². The van der Waals surface area contributed by atoms with Crippen molar-refractivity contribution in [3.8, 4) is 0 Å². The van der Waals surface area contributed by atoms with Crippen LogP contribution in [0.2, 0.25) is 5.15 Å². The fraction of sp³-hybridized carbons (Fsp3) is 0.538. The van der Waals surface area contributed by atoms with Crippen LogP contribution in [0.25, 0.3) is 0 Å². The summed E-state index contributed by atoms with van der Waals surface area (Å²) in [6.45, 7) is 4.43. The van der Waals surface area contributed by atoms with E-state index in [1.165, 1.54) is 6.42 Å². The first kappa shape index (κ1) is 12.4. The lowest BCUT2D eigenvalue weighted by molar-refractivity contribution is 0.0927. The zero-order chi connectivity index (χ0) is 12.4. The molecule has 2 rings (SSSR count). The fourth-order valence-electron chi connectivity index (χ4n) is 2.36. The average molecular weight is 253 g/mol. The van der Waals surface area contributed by atoms with Crippen molar-refractivity contribution in [1.82, 2.24) is 10.3 Å². The van der Waals surface area contributed by atoms with Crippen molar-refractivity contribution in [3.05, 3.63) is 29.0 Å². The minimum atomic E-state index is -0.0553. The Kier molecular flexibility index (Phi) is 3.67. The van der Waals surface area contributed by atoms with Crippen molar-refractivity contribution in [3.63, 3.8) is 0 Å². The number of aromatic nitrogens is 1. The van der Waals surface area contributed by atoms with Crippen molar-refractivity contribution >= 4 is 17.5 Å². The van der Waals surface area contributed by atoms with E-state index in [0.717, 1.165) is 6.42 Å². The number of rotatable bonds is 2. The first-order valence-corrected chi connectivity index (χ1v) is 6.38. The van der Waals surface area contributed by atoms with Crippen LogP contribution in [0, 0.1) is 11.8 Å². The SMILES string of the molecule is CC1CCC(NC(=O)c2ccnc(Cl)c2)C1C. The molecule has 3 unspecified atom stereocenters. The molecule has 0 bridgehead atoms. The van der Waals surface area contributed by atoms with Crippen LogP contribution >= 0.6 is 11.6 Å². The number of hydrogen-bond acceptors (Lipinski definition) is 2. The summed E-state index contributed by atoms with van der Waals surface area (Å²) in [7, 11) is 0. The summed E-state index contributed by atoms with van der Waals surface area (Å²) in [5.74, 6) is 1.16. The van der Waals surface area contributed by atoms with Crippen molar-refractivity contribution in [1.29, 1.82) is 0 Å². The molecule has 3 atom stereocenters. The largest absolute Gasteiger partial charge is 0.349 e. The van der Waals surface area contributed by atoms with Gasteiger partial charge in [0.2, 0.25) is 0 Å². The van der Waals surface area contributed by atoms with Crippen molar-refractivity contribution in [2.45, 2.75) is 32.7 Å². The third-order valence-electron chi connectivity index (χ3n) is 3.77. The Morgan fingerprint density at radius 1 is 1.47 bits per heavy atom. The normalized spacial score (nSPS) is 28.1. The molecule has 17 heavy (non-hydrogen) atoms. The van der Waals surface area contributed by atoms with Crippen LogP contribution in [0.4, 0.5) is 0 Å². The van der Waals surface area contributed by atoms with Gasteiger partial charge in [0.05, 0.1) is 0 Å². The van der Waals surface area contributed by atoms with Crippen LogP contribution in [0.3, 0.4) is 0 Å². The molecular formula is C13H17ClN2O. The van der Waals surface area contributed by atoms with Crippen LogP contribution in [0.15, 0.2) is 18.3 Å². The number of pyridine rings is 1. The van der Waals surface area contributed by atoms with Gasteiger partial charge < -0.3 is 5.32 Å². The Balaban J connectivity index is 2.02. The van der Waals surface area contributed by atoms with Crippen LogP contribution < -0.4 is 5.32 Å². The van der Waals surface area contributed by atoms with Gasteiger partial charge in [-0.15, -0.1) is 0 Å². The molecule has 0 spiro atoms. The lowest BCUT2D eigenvalue weighted by atomic mass is 9.97. The topological polar surface area (TPSA) is 42.0 Å². The highest BCUT2D eigenvalue weighted by atomic mass is 35.5. The van der Waals surface area contributed by atoms with E-state index in [1.54, 1.807) is 18.3 Å². The summed E-state index contributed by atoms with van der Waals surface area (Å²) >= 11 is 5.77. The second-order valence-corrected chi connectivity index (χ2v) is 5.25. The maximum Gasteiger partial charge on any atom is 0.251 e. The zero-order valence-corrected chi connectivity index (χ0v) is 10.9. The Morgan fingerprint density at radius 2 is 2.24 bits per heavy atom. The molecule has 0 aliphatic heterocycles. The number of carbonyl (C=O) groups excluding carboxylic acids is 1. The van der Waals surface area contributed by atoms with Gasteiger partial charge in [-0.05, 0) is 36.8 Å². The highest BCUT2D eigenvalue weighted by Gasteiger charge is 2.30. The molecule has 1 saturated carbocycles. The standard InChI is InChI=1S/C13H17ClN2O/c1-8-3-4-11(9(8)2)16-13(17)10-5-6-15-12(14)7-10/h5-9,11H,3-4H2,1-2H3,(H,16,17). The van der Waals surface area contributed by atoms with Gasteiger partial charge in [0.1, 0.15) is 5.15 Å². The average Bonchev–Trinajstić information content (AvgIpc) is 2.61. The molecule has 0 aromatic carbocycles. The third-order valence-corrected chi connectivity index (χ3v) is 3.98. The van der Waals surface area contributed by atoms with E-state index in [0.29, 0.717) is 22.6 Å². The molecule has 1 aliphatic carbocycles. The van der Waals surface area contributed by atoms with E-state index in [9.17, 15) is 4.79 Å². The fourth-order valence-corrected chi connectivity index (χ4v) is 2.54. The van der Waals surface area contributed by atoms with E-state index in [4.69, 9.17) is 11.6 Å². The number of nitrogens with zero attached hydrogens (tertiary/aromatic N) is 1. The highest BCUT2D eigenvalue weighted by Crippen LogP contribution is 2.31. The van der Waals surface area contributed by atoms with Gasteiger partial charge in [-0.3, -0.25) is 4.79 Å².